The van der Waals surface area contributed by atoms with E-state index in [0.29, 0.717) is 12.0 Å². The predicted octanol–water partition coefficient (Wildman–Crippen LogP) is 3.17. The van der Waals surface area contributed by atoms with E-state index in [1.807, 2.05) is 18.7 Å². The van der Waals surface area contributed by atoms with Crippen molar-refractivity contribution in [2.24, 2.45) is 0 Å². The summed E-state index contributed by atoms with van der Waals surface area (Å²) in [6, 6.07) is 0.345. The van der Waals surface area contributed by atoms with E-state index in [0.717, 1.165) is 45.4 Å². The van der Waals surface area contributed by atoms with Crippen molar-refractivity contribution in [1.82, 2.24) is 29.7 Å². The highest BCUT2D eigenvalue weighted by molar-refractivity contribution is 5.27. The van der Waals surface area contributed by atoms with Gasteiger partial charge in [0.15, 0.2) is 0 Å². The van der Waals surface area contributed by atoms with E-state index in [-0.39, 0.29) is 5.54 Å². The Hall–Kier alpha value is -1.99. The fraction of sp³-hybridized carbons (Fsp3) is 0.682. The molecule has 7 heteroatoms. The molecule has 4 rings (SSSR count). The largest absolute Gasteiger partial charge is 0.352 e. The molecule has 158 valence electrons. The van der Waals surface area contributed by atoms with E-state index in [9.17, 15) is 0 Å². The number of H-pyrrole nitrogens is 1. The van der Waals surface area contributed by atoms with Crippen LogP contribution in [-0.4, -0.2) is 62.0 Å². The molecule has 1 spiro atoms. The maximum absolute atomic E-state index is 4.79. The molecule has 2 aliphatic heterocycles. The lowest BCUT2D eigenvalue weighted by Gasteiger charge is -2.50. The Kier molecular flexibility index (Phi) is 6.15. The SMILES string of the molecule is CCCCN1CCc2[nH]cnc2C12CCN(Cc1cnc(NC(C)C)nc1)CC2. The molecule has 2 N–H and O–H groups in total. The maximum atomic E-state index is 4.79. The minimum atomic E-state index is 0.112. The summed E-state index contributed by atoms with van der Waals surface area (Å²) in [7, 11) is 0. The molecule has 2 aromatic heterocycles. The van der Waals surface area contributed by atoms with Crippen LogP contribution in [0.4, 0.5) is 5.95 Å². The average molecular weight is 398 g/mol. The molecule has 7 nitrogen and oxygen atoms in total. The van der Waals surface area contributed by atoms with E-state index in [2.05, 4.69) is 50.8 Å². The Balaban J connectivity index is 1.42. The number of hydrogen-bond donors (Lipinski definition) is 2. The molecule has 29 heavy (non-hydrogen) atoms. The van der Waals surface area contributed by atoms with Crippen LogP contribution in [0.5, 0.6) is 0 Å². The first-order valence-electron chi connectivity index (χ1n) is 11.2. The Morgan fingerprint density at radius 1 is 1.14 bits per heavy atom. The zero-order valence-corrected chi connectivity index (χ0v) is 18.1. The Morgan fingerprint density at radius 2 is 1.90 bits per heavy atom. The molecule has 1 fully saturated rings. The van der Waals surface area contributed by atoms with Crippen molar-refractivity contribution in [1.29, 1.82) is 0 Å². The summed E-state index contributed by atoms with van der Waals surface area (Å²) in [5.74, 6) is 0.709. The van der Waals surface area contributed by atoms with Gasteiger partial charge in [-0.1, -0.05) is 13.3 Å². The third-order valence-electron chi connectivity index (χ3n) is 6.39. The number of imidazole rings is 1. The molecule has 2 aliphatic rings. The minimum absolute atomic E-state index is 0.112. The summed E-state index contributed by atoms with van der Waals surface area (Å²) < 4.78 is 0. The highest BCUT2D eigenvalue weighted by atomic mass is 15.3. The molecule has 4 heterocycles. The van der Waals surface area contributed by atoms with E-state index >= 15 is 0 Å². The number of aromatic amines is 1. The molecular formula is C22H35N7. The first kappa shape index (κ1) is 20.3. The second-order valence-corrected chi connectivity index (χ2v) is 8.84. The summed E-state index contributed by atoms with van der Waals surface area (Å²) in [6.45, 7) is 11.9. The molecule has 2 aromatic rings. The van der Waals surface area contributed by atoms with Crippen LogP contribution in [-0.2, 0) is 18.5 Å². The van der Waals surface area contributed by atoms with Crippen LogP contribution in [0, 0.1) is 0 Å². The van der Waals surface area contributed by atoms with Crippen molar-refractivity contribution >= 4 is 5.95 Å². The zero-order valence-electron chi connectivity index (χ0n) is 18.1. The molecular weight excluding hydrogens is 362 g/mol. The second kappa shape index (κ2) is 8.79. The summed E-state index contributed by atoms with van der Waals surface area (Å²) in [5, 5.41) is 3.25. The lowest BCUT2D eigenvalue weighted by molar-refractivity contribution is 0.00261. The molecule has 0 aromatic carbocycles. The molecule has 1 saturated heterocycles. The molecule has 0 saturated carbocycles. The van der Waals surface area contributed by atoms with E-state index in [1.165, 1.54) is 36.3 Å². The van der Waals surface area contributed by atoms with Crippen molar-refractivity contribution < 1.29 is 0 Å². The van der Waals surface area contributed by atoms with Crippen LogP contribution in [0.15, 0.2) is 18.7 Å². The third kappa shape index (κ3) is 4.31. The Morgan fingerprint density at radius 3 is 2.59 bits per heavy atom. The van der Waals surface area contributed by atoms with Gasteiger partial charge in [-0.2, -0.15) is 0 Å². The fourth-order valence-electron chi connectivity index (χ4n) is 4.86. The van der Waals surface area contributed by atoms with Crippen molar-refractivity contribution in [3.63, 3.8) is 0 Å². The van der Waals surface area contributed by atoms with Crippen LogP contribution < -0.4 is 5.32 Å². The third-order valence-corrected chi connectivity index (χ3v) is 6.39. The number of nitrogens with one attached hydrogen (secondary N) is 2. The molecule has 0 radical (unpaired) electrons. The molecule has 0 aliphatic carbocycles. The highest BCUT2D eigenvalue weighted by Gasteiger charge is 2.46. The lowest BCUT2D eigenvalue weighted by Crippen LogP contribution is -2.56. The minimum Gasteiger partial charge on any atom is -0.352 e. The lowest BCUT2D eigenvalue weighted by atomic mass is 9.78. The van der Waals surface area contributed by atoms with Gasteiger partial charge in [0.05, 0.1) is 17.6 Å². The fourth-order valence-corrected chi connectivity index (χ4v) is 4.86. The predicted molar refractivity (Wildman–Crippen MR) is 116 cm³/mol. The van der Waals surface area contributed by atoms with Crippen molar-refractivity contribution in [2.75, 3.05) is 31.5 Å². The highest BCUT2D eigenvalue weighted by Crippen LogP contribution is 2.42. The second-order valence-electron chi connectivity index (χ2n) is 8.84. The number of fused-ring (bicyclic) bond motifs is 2. The summed E-state index contributed by atoms with van der Waals surface area (Å²) >= 11 is 0. The summed E-state index contributed by atoms with van der Waals surface area (Å²) in [5.41, 5.74) is 3.96. The number of unbranched alkanes of at least 4 members (excludes halogenated alkanes) is 1. The number of aromatic nitrogens is 4. The molecule has 0 bridgehead atoms. The average Bonchev–Trinajstić information content (AvgIpc) is 3.20. The summed E-state index contributed by atoms with van der Waals surface area (Å²) in [4.78, 5) is 22.4. The first-order chi connectivity index (χ1) is 14.1. The van der Waals surface area contributed by atoms with Gasteiger partial charge in [0, 0.05) is 62.3 Å². The summed E-state index contributed by atoms with van der Waals surface area (Å²) in [6.07, 6.45) is 11.7. The van der Waals surface area contributed by atoms with Crippen LogP contribution in [0.25, 0.3) is 0 Å². The van der Waals surface area contributed by atoms with Gasteiger partial charge in [0.2, 0.25) is 5.95 Å². The smallest absolute Gasteiger partial charge is 0.222 e. The van der Waals surface area contributed by atoms with Crippen molar-refractivity contribution in [2.45, 2.75) is 71.0 Å². The maximum Gasteiger partial charge on any atom is 0.222 e. The normalized spacial score (nSPS) is 19.6. The first-order valence-corrected chi connectivity index (χ1v) is 11.2. The number of hydrogen-bond acceptors (Lipinski definition) is 6. The topological polar surface area (TPSA) is 73.0 Å². The standard InChI is InChI=1S/C22H35N7/c1-4-5-9-29-10-6-19-20(26-16-25-19)22(29)7-11-28(12-8-22)15-18-13-23-21(24-14-18)27-17(2)3/h13-14,16-17H,4-12,15H2,1-3H3,(H,25,26)(H,23,24,27). The molecule has 0 amide bonds. The van der Waals surface area contributed by atoms with Gasteiger partial charge in [-0.3, -0.25) is 9.80 Å². The van der Waals surface area contributed by atoms with E-state index in [1.54, 1.807) is 0 Å². The van der Waals surface area contributed by atoms with Gasteiger partial charge in [0.1, 0.15) is 0 Å². The number of rotatable bonds is 7. The number of piperidine rings is 1. The zero-order chi connectivity index (χ0) is 20.3. The van der Waals surface area contributed by atoms with Crippen LogP contribution >= 0.6 is 0 Å². The Bertz CT molecular complexity index is 775. The van der Waals surface area contributed by atoms with Gasteiger partial charge in [-0.05, 0) is 39.7 Å². The van der Waals surface area contributed by atoms with Crippen LogP contribution in [0.2, 0.25) is 0 Å². The van der Waals surface area contributed by atoms with Crippen LogP contribution in [0.1, 0.15) is 63.4 Å². The quantitative estimate of drug-likeness (QED) is 0.748. The Labute approximate surface area is 174 Å². The van der Waals surface area contributed by atoms with E-state index < -0.39 is 0 Å². The molecule has 0 unspecified atom stereocenters. The van der Waals surface area contributed by atoms with Crippen molar-refractivity contribution in [3.8, 4) is 0 Å². The van der Waals surface area contributed by atoms with Gasteiger partial charge < -0.3 is 10.3 Å². The van der Waals surface area contributed by atoms with Gasteiger partial charge in [0.25, 0.3) is 0 Å². The van der Waals surface area contributed by atoms with Gasteiger partial charge in [-0.25, -0.2) is 15.0 Å². The van der Waals surface area contributed by atoms with E-state index in [4.69, 9.17) is 4.98 Å². The molecule has 0 atom stereocenters. The monoisotopic (exact) mass is 397 g/mol. The van der Waals surface area contributed by atoms with Gasteiger partial charge in [-0.15, -0.1) is 0 Å². The van der Waals surface area contributed by atoms with Gasteiger partial charge >= 0.3 is 0 Å². The number of nitrogens with zero attached hydrogens (tertiary/aromatic N) is 5. The van der Waals surface area contributed by atoms with Crippen molar-refractivity contribution in [3.05, 3.63) is 35.7 Å². The number of anilines is 1. The number of likely N-dealkylation sites (tertiary alicyclic amines) is 1. The van der Waals surface area contributed by atoms with Crippen LogP contribution in [0.3, 0.4) is 0 Å².